The van der Waals surface area contributed by atoms with Crippen molar-refractivity contribution in [3.63, 3.8) is 0 Å². The number of ketones is 2. The quantitative estimate of drug-likeness (QED) is 0.577. The molecule has 0 amide bonds. The van der Waals surface area contributed by atoms with Crippen molar-refractivity contribution in [2.75, 3.05) is 0 Å². The Labute approximate surface area is 102 Å². The van der Waals surface area contributed by atoms with Gasteiger partial charge in [0.25, 0.3) is 0 Å². The molecule has 0 radical (unpaired) electrons. The average molecular weight is 230 g/mol. The van der Waals surface area contributed by atoms with E-state index in [1.54, 1.807) is 12.1 Å². The van der Waals surface area contributed by atoms with Crippen molar-refractivity contribution >= 4 is 11.6 Å². The molecule has 1 aromatic carbocycles. The van der Waals surface area contributed by atoms with E-state index < -0.39 is 5.92 Å². The Morgan fingerprint density at radius 2 is 1.88 bits per heavy atom. The number of Topliss-reactive ketones (excluding diaryl/α,β-unsaturated/α-hetero) is 2. The normalized spacial score (nSPS) is 23.4. The van der Waals surface area contributed by atoms with Crippen LogP contribution in [-0.4, -0.2) is 11.6 Å². The lowest BCUT2D eigenvalue weighted by Crippen LogP contribution is -2.34. The number of rotatable bonds is 2. The molecular weight excluding hydrogens is 212 g/mol. The van der Waals surface area contributed by atoms with Gasteiger partial charge in [-0.25, -0.2) is 0 Å². The topological polar surface area (TPSA) is 34.1 Å². The first-order valence-electron chi connectivity index (χ1n) is 6.12. The van der Waals surface area contributed by atoms with Crippen molar-refractivity contribution in [3.05, 3.63) is 35.9 Å². The Morgan fingerprint density at radius 3 is 2.47 bits per heavy atom. The van der Waals surface area contributed by atoms with Gasteiger partial charge >= 0.3 is 0 Å². The minimum Gasteiger partial charge on any atom is -0.299 e. The van der Waals surface area contributed by atoms with Crippen LogP contribution in [0.1, 0.15) is 43.5 Å². The molecule has 0 N–H and O–H groups in total. The van der Waals surface area contributed by atoms with Gasteiger partial charge in [-0.2, -0.15) is 0 Å². The minimum absolute atomic E-state index is 0.00824. The van der Waals surface area contributed by atoms with Gasteiger partial charge in [0.2, 0.25) is 0 Å². The highest BCUT2D eigenvalue weighted by Gasteiger charge is 2.37. The van der Waals surface area contributed by atoms with Crippen LogP contribution in [0.25, 0.3) is 0 Å². The third-order valence-electron chi connectivity index (χ3n) is 3.53. The van der Waals surface area contributed by atoms with Gasteiger partial charge < -0.3 is 0 Å². The first-order chi connectivity index (χ1) is 7.99. The van der Waals surface area contributed by atoms with Crippen LogP contribution in [0.15, 0.2) is 30.3 Å². The lowest BCUT2D eigenvalue weighted by Gasteiger charge is -2.32. The predicted octanol–water partition coefficient (Wildman–Crippen LogP) is 3.26. The smallest absolute Gasteiger partial charge is 0.173 e. The van der Waals surface area contributed by atoms with Gasteiger partial charge in [0.05, 0.1) is 5.92 Å². The maximum Gasteiger partial charge on any atom is 0.173 e. The molecular formula is C15H18O2. The van der Waals surface area contributed by atoms with Crippen LogP contribution in [0, 0.1) is 11.3 Å². The van der Waals surface area contributed by atoms with Crippen LogP contribution < -0.4 is 0 Å². The van der Waals surface area contributed by atoms with Crippen LogP contribution in [0.4, 0.5) is 0 Å². The zero-order chi connectivity index (χ0) is 12.5. The number of carbonyl (C=O) groups excluding carboxylic acids is 2. The monoisotopic (exact) mass is 230 g/mol. The minimum atomic E-state index is -0.412. The lowest BCUT2D eigenvalue weighted by molar-refractivity contribution is -0.126. The van der Waals surface area contributed by atoms with Crippen LogP contribution in [0.3, 0.4) is 0 Å². The summed E-state index contributed by atoms with van der Waals surface area (Å²) in [4.78, 5) is 24.2. The Bertz CT molecular complexity index is 431. The summed E-state index contributed by atoms with van der Waals surface area (Å²) in [5.41, 5.74) is 0.718. The van der Waals surface area contributed by atoms with E-state index in [1.165, 1.54) is 0 Å². The number of carbonyl (C=O) groups is 2. The summed E-state index contributed by atoms with van der Waals surface area (Å²) < 4.78 is 0. The van der Waals surface area contributed by atoms with Gasteiger partial charge in [0.1, 0.15) is 5.78 Å². The molecule has 2 rings (SSSR count). The molecule has 0 saturated heterocycles. The summed E-state index contributed by atoms with van der Waals surface area (Å²) in [6.45, 7) is 4.18. The lowest BCUT2D eigenvalue weighted by atomic mass is 9.70. The summed E-state index contributed by atoms with van der Waals surface area (Å²) in [6.07, 6.45) is 2.16. The largest absolute Gasteiger partial charge is 0.299 e. The highest BCUT2D eigenvalue weighted by atomic mass is 16.2. The van der Waals surface area contributed by atoms with Gasteiger partial charge in [-0.05, 0) is 18.3 Å². The van der Waals surface area contributed by atoms with Crippen LogP contribution in [0.5, 0.6) is 0 Å². The molecule has 1 atom stereocenters. The molecule has 2 nitrogen and oxygen atoms in total. The molecule has 2 heteroatoms. The second-order valence-corrected chi connectivity index (χ2v) is 5.63. The van der Waals surface area contributed by atoms with Crippen molar-refractivity contribution < 1.29 is 9.59 Å². The summed E-state index contributed by atoms with van der Waals surface area (Å²) in [5.74, 6) is -0.313. The fraction of sp³-hybridized carbons (Fsp3) is 0.467. The first-order valence-corrected chi connectivity index (χ1v) is 6.12. The second kappa shape index (κ2) is 4.44. The van der Waals surface area contributed by atoms with E-state index in [2.05, 4.69) is 13.8 Å². The van der Waals surface area contributed by atoms with E-state index in [9.17, 15) is 9.59 Å². The van der Waals surface area contributed by atoms with E-state index in [0.29, 0.717) is 18.4 Å². The van der Waals surface area contributed by atoms with Crippen molar-refractivity contribution in [2.24, 2.45) is 11.3 Å². The van der Waals surface area contributed by atoms with Crippen LogP contribution in [-0.2, 0) is 4.79 Å². The van der Waals surface area contributed by atoms with Gasteiger partial charge in [-0.15, -0.1) is 0 Å². The Balaban J connectivity index is 2.15. The zero-order valence-corrected chi connectivity index (χ0v) is 10.4. The molecule has 0 spiro atoms. The van der Waals surface area contributed by atoms with E-state index >= 15 is 0 Å². The second-order valence-electron chi connectivity index (χ2n) is 5.63. The number of hydrogen-bond acceptors (Lipinski definition) is 2. The van der Waals surface area contributed by atoms with Crippen LogP contribution in [0.2, 0.25) is 0 Å². The Hall–Kier alpha value is -1.44. The molecule has 1 aliphatic rings. The Kier molecular flexibility index (Phi) is 3.14. The molecule has 0 aromatic heterocycles. The third-order valence-corrected chi connectivity index (χ3v) is 3.53. The first kappa shape index (κ1) is 12.0. The molecule has 17 heavy (non-hydrogen) atoms. The maximum atomic E-state index is 12.2. The maximum absolute atomic E-state index is 12.2. The van der Waals surface area contributed by atoms with Gasteiger partial charge in [0, 0.05) is 12.0 Å². The molecule has 1 aromatic rings. The van der Waals surface area contributed by atoms with E-state index in [0.717, 1.165) is 6.42 Å². The van der Waals surface area contributed by atoms with Gasteiger partial charge in [-0.3, -0.25) is 9.59 Å². The molecule has 1 saturated carbocycles. The van der Waals surface area contributed by atoms with Crippen molar-refractivity contribution in [1.82, 2.24) is 0 Å². The molecule has 0 heterocycles. The Morgan fingerprint density at radius 1 is 1.24 bits per heavy atom. The fourth-order valence-corrected chi connectivity index (χ4v) is 2.46. The summed E-state index contributed by atoms with van der Waals surface area (Å²) in [6, 6.07) is 9.13. The van der Waals surface area contributed by atoms with E-state index in [-0.39, 0.29) is 17.0 Å². The molecule has 0 bridgehead atoms. The third kappa shape index (κ3) is 2.63. The standard InChI is InChI=1S/C15H18O2/c1-15(2)9-8-12(13(16)10-15)14(17)11-6-4-3-5-7-11/h3-7,12H,8-10H2,1-2H3. The van der Waals surface area contributed by atoms with Crippen molar-refractivity contribution in [3.8, 4) is 0 Å². The number of benzene rings is 1. The predicted molar refractivity (Wildman–Crippen MR) is 66.9 cm³/mol. The SMILES string of the molecule is CC1(C)CCC(C(=O)c2ccccc2)C(=O)C1. The van der Waals surface area contributed by atoms with Gasteiger partial charge in [-0.1, -0.05) is 44.2 Å². The van der Waals surface area contributed by atoms with E-state index in [4.69, 9.17) is 0 Å². The van der Waals surface area contributed by atoms with Crippen LogP contribution >= 0.6 is 0 Å². The summed E-state index contributed by atoms with van der Waals surface area (Å²) >= 11 is 0. The van der Waals surface area contributed by atoms with Gasteiger partial charge in [0.15, 0.2) is 5.78 Å². The molecule has 1 unspecified atom stereocenters. The molecule has 1 aliphatic carbocycles. The van der Waals surface area contributed by atoms with Crippen molar-refractivity contribution in [1.29, 1.82) is 0 Å². The number of hydrogen-bond donors (Lipinski definition) is 0. The fourth-order valence-electron chi connectivity index (χ4n) is 2.46. The molecule has 0 aliphatic heterocycles. The highest BCUT2D eigenvalue weighted by Crippen LogP contribution is 2.36. The molecule has 90 valence electrons. The zero-order valence-electron chi connectivity index (χ0n) is 10.4. The summed E-state index contributed by atoms with van der Waals surface area (Å²) in [7, 11) is 0. The van der Waals surface area contributed by atoms with E-state index in [1.807, 2.05) is 18.2 Å². The molecule has 1 fully saturated rings. The summed E-state index contributed by atoms with van der Waals surface area (Å²) in [5, 5.41) is 0. The van der Waals surface area contributed by atoms with Crippen molar-refractivity contribution in [2.45, 2.75) is 33.1 Å². The highest BCUT2D eigenvalue weighted by molar-refractivity contribution is 6.11. The average Bonchev–Trinajstić information content (AvgIpc) is 2.28.